The third-order valence-electron chi connectivity index (χ3n) is 2.51. The van der Waals surface area contributed by atoms with Gasteiger partial charge in [-0.05, 0) is 24.1 Å². The van der Waals surface area contributed by atoms with E-state index >= 15 is 0 Å². The molecule has 0 unspecified atom stereocenters. The van der Waals surface area contributed by atoms with Crippen molar-refractivity contribution in [1.82, 2.24) is 10.2 Å². The quantitative estimate of drug-likeness (QED) is 0.643. The molecular weight excluding hydrogens is 212 g/mol. The Bertz CT molecular complexity index is 523. The molecule has 0 bridgehead atoms. The van der Waals surface area contributed by atoms with E-state index in [-0.39, 0.29) is 0 Å². The highest BCUT2D eigenvalue weighted by atomic mass is 15.2. The van der Waals surface area contributed by atoms with Gasteiger partial charge in [0.1, 0.15) is 0 Å². The average Bonchev–Trinajstić information content (AvgIpc) is 2.40. The third-order valence-corrected chi connectivity index (χ3v) is 2.51. The molecule has 0 fully saturated rings. The van der Waals surface area contributed by atoms with Crippen molar-refractivity contribution in [3.8, 4) is 17.5 Å². The van der Waals surface area contributed by atoms with E-state index in [4.69, 9.17) is 5.26 Å². The molecule has 0 aliphatic heterocycles. The average molecular weight is 224 g/mol. The number of nitrogens with zero attached hydrogens (tertiary/aromatic N) is 3. The normalized spacial score (nSPS) is 9.65. The van der Waals surface area contributed by atoms with Gasteiger partial charge in [-0.1, -0.05) is 31.2 Å². The van der Waals surface area contributed by atoms with E-state index in [1.54, 1.807) is 12.3 Å². The summed E-state index contributed by atoms with van der Waals surface area (Å²) in [5.74, 6) is 0.460. The van der Waals surface area contributed by atoms with Crippen LogP contribution in [0.15, 0.2) is 36.4 Å². The lowest BCUT2D eigenvalue weighted by molar-refractivity contribution is 1.04. The van der Waals surface area contributed by atoms with Crippen molar-refractivity contribution in [3.05, 3.63) is 42.0 Å². The summed E-state index contributed by atoms with van der Waals surface area (Å²) in [6.07, 6.45) is 2.83. The van der Waals surface area contributed by atoms with Crippen LogP contribution in [0.1, 0.15) is 12.5 Å². The number of anilines is 1. The van der Waals surface area contributed by atoms with E-state index < -0.39 is 0 Å². The topological polar surface area (TPSA) is 61.6 Å². The molecule has 0 atom stereocenters. The molecule has 17 heavy (non-hydrogen) atoms. The Hall–Kier alpha value is -2.41. The van der Waals surface area contributed by atoms with Crippen LogP contribution in [0.25, 0.3) is 11.3 Å². The summed E-state index contributed by atoms with van der Waals surface area (Å²) in [5.41, 5.74) is 3.12. The standard InChI is InChI=1S/C13H12N4/c1-2-10-3-5-11(6-4-10)12-7-8-13(15-9-14)17-16-12/h3-8H,2H2,1H3,(H,15,17). The first-order valence-corrected chi connectivity index (χ1v) is 5.41. The van der Waals surface area contributed by atoms with Crippen molar-refractivity contribution < 1.29 is 0 Å². The highest BCUT2D eigenvalue weighted by Gasteiger charge is 2.00. The summed E-state index contributed by atoms with van der Waals surface area (Å²) in [6.45, 7) is 2.12. The number of rotatable bonds is 3. The minimum absolute atomic E-state index is 0.460. The summed E-state index contributed by atoms with van der Waals surface area (Å²) < 4.78 is 0. The van der Waals surface area contributed by atoms with E-state index in [1.807, 2.05) is 18.2 Å². The summed E-state index contributed by atoms with van der Waals surface area (Å²) in [4.78, 5) is 0. The zero-order valence-electron chi connectivity index (χ0n) is 9.51. The SMILES string of the molecule is CCc1ccc(-c2ccc(NC#N)nn2)cc1. The Balaban J connectivity index is 2.24. The maximum atomic E-state index is 8.43. The van der Waals surface area contributed by atoms with Gasteiger partial charge in [-0.25, -0.2) is 0 Å². The number of hydrogen-bond donors (Lipinski definition) is 1. The van der Waals surface area contributed by atoms with Gasteiger partial charge in [0.2, 0.25) is 0 Å². The second-order valence-corrected chi connectivity index (χ2v) is 3.59. The molecule has 84 valence electrons. The Morgan fingerprint density at radius 1 is 1.12 bits per heavy atom. The molecular formula is C13H12N4. The van der Waals surface area contributed by atoms with Crippen LogP contribution < -0.4 is 5.32 Å². The van der Waals surface area contributed by atoms with Crippen molar-refractivity contribution >= 4 is 5.82 Å². The fourth-order valence-electron chi connectivity index (χ4n) is 1.52. The van der Waals surface area contributed by atoms with Crippen LogP contribution in [0.3, 0.4) is 0 Å². The lowest BCUT2D eigenvalue weighted by Gasteiger charge is -2.02. The predicted octanol–water partition coefficient (Wildman–Crippen LogP) is 2.60. The van der Waals surface area contributed by atoms with Gasteiger partial charge >= 0.3 is 0 Å². The highest BCUT2D eigenvalue weighted by Crippen LogP contribution is 2.17. The molecule has 4 heteroatoms. The van der Waals surface area contributed by atoms with E-state index in [0.717, 1.165) is 17.7 Å². The van der Waals surface area contributed by atoms with Crippen molar-refractivity contribution in [2.24, 2.45) is 0 Å². The van der Waals surface area contributed by atoms with Crippen LogP contribution in [0.4, 0.5) is 5.82 Å². The van der Waals surface area contributed by atoms with E-state index in [0.29, 0.717) is 5.82 Å². The van der Waals surface area contributed by atoms with Crippen LogP contribution in [-0.4, -0.2) is 10.2 Å². The number of benzene rings is 1. The molecule has 1 aromatic carbocycles. The molecule has 1 heterocycles. The first kappa shape index (κ1) is 11.1. The van der Waals surface area contributed by atoms with Crippen LogP contribution in [0, 0.1) is 11.5 Å². The molecule has 0 radical (unpaired) electrons. The first-order valence-electron chi connectivity index (χ1n) is 5.41. The number of aromatic nitrogens is 2. The van der Waals surface area contributed by atoms with Gasteiger partial charge in [0.05, 0.1) is 5.69 Å². The highest BCUT2D eigenvalue weighted by molar-refractivity contribution is 5.60. The van der Waals surface area contributed by atoms with Gasteiger partial charge in [-0.3, -0.25) is 5.32 Å². The predicted molar refractivity (Wildman–Crippen MR) is 66.1 cm³/mol. The van der Waals surface area contributed by atoms with Gasteiger partial charge in [0.15, 0.2) is 12.0 Å². The number of nitrogens with one attached hydrogen (secondary N) is 1. The smallest absolute Gasteiger partial charge is 0.182 e. The van der Waals surface area contributed by atoms with Crippen LogP contribution in [0.5, 0.6) is 0 Å². The van der Waals surface area contributed by atoms with E-state index in [1.165, 1.54) is 5.56 Å². The van der Waals surface area contributed by atoms with Crippen molar-refractivity contribution in [2.45, 2.75) is 13.3 Å². The van der Waals surface area contributed by atoms with Gasteiger partial charge in [0.25, 0.3) is 0 Å². The van der Waals surface area contributed by atoms with E-state index in [2.05, 4.69) is 34.6 Å². The molecule has 4 nitrogen and oxygen atoms in total. The zero-order chi connectivity index (χ0) is 12.1. The lowest BCUT2D eigenvalue weighted by atomic mass is 10.1. The van der Waals surface area contributed by atoms with Crippen molar-refractivity contribution in [1.29, 1.82) is 5.26 Å². The fourth-order valence-corrected chi connectivity index (χ4v) is 1.52. The molecule has 2 aromatic rings. The second-order valence-electron chi connectivity index (χ2n) is 3.59. The maximum absolute atomic E-state index is 8.43. The maximum Gasteiger partial charge on any atom is 0.182 e. The molecule has 1 N–H and O–H groups in total. The van der Waals surface area contributed by atoms with Gasteiger partial charge in [0, 0.05) is 5.56 Å². The Morgan fingerprint density at radius 3 is 2.41 bits per heavy atom. The lowest BCUT2D eigenvalue weighted by Crippen LogP contribution is -1.94. The second kappa shape index (κ2) is 5.08. The monoisotopic (exact) mass is 224 g/mol. The molecule has 0 spiro atoms. The number of hydrogen-bond acceptors (Lipinski definition) is 4. The summed E-state index contributed by atoms with van der Waals surface area (Å²) >= 11 is 0. The molecule has 0 saturated heterocycles. The molecule has 1 aromatic heterocycles. The third kappa shape index (κ3) is 2.58. The summed E-state index contributed by atoms with van der Waals surface area (Å²) in [5, 5.41) is 18.8. The summed E-state index contributed by atoms with van der Waals surface area (Å²) in [6, 6.07) is 11.8. The largest absolute Gasteiger partial charge is 0.275 e. The molecule has 2 rings (SSSR count). The fraction of sp³-hybridized carbons (Fsp3) is 0.154. The van der Waals surface area contributed by atoms with Crippen LogP contribution in [-0.2, 0) is 6.42 Å². The minimum atomic E-state index is 0.460. The van der Waals surface area contributed by atoms with E-state index in [9.17, 15) is 0 Å². The van der Waals surface area contributed by atoms with Gasteiger partial charge in [-0.15, -0.1) is 10.2 Å². The summed E-state index contributed by atoms with van der Waals surface area (Å²) in [7, 11) is 0. The molecule has 0 saturated carbocycles. The minimum Gasteiger partial charge on any atom is -0.275 e. The number of nitriles is 1. The molecule has 0 aliphatic rings. The van der Waals surface area contributed by atoms with Crippen molar-refractivity contribution in [3.63, 3.8) is 0 Å². The Morgan fingerprint density at radius 2 is 1.88 bits per heavy atom. The number of aryl methyl sites for hydroxylation is 1. The Labute approximate surface area is 99.9 Å². The van der Waals surface area contributed by atoms with Crippen LogP contribution in [0.2, 0.25) is 0 Å². The van der Waals surface area contributed by atoms with Crippen molar-refractivity contribution in [2.75, 3.05) is 5.32 Å². The van der Waals surface area contributed by atoms with Crippen LogP contribution >= 0.6 is 0 Å². The Kier molecular flexibility index (Phi) is 3.31. The van der Waals surface area contributed by atoms with Gasteiger partial charge < -0.3 is 0 Å². The molecule has 0 amide bonds. The first-order chi connectivity index (χ1) is 8.33. The zero-order valence-corrected chi connectivity index (χ0v) is 9.51. The van der Waals surface area contributed by atoms with Gasteiger partial charge in [-0.2, -0.15) is 5.26 Å². The molecule has 0 aliphatic carbocycles.